The van der Waals surface area contributed by atoms with E-state index in [1.165, 1.54) is 30.8 Å². The molecule has 0 saturated carbocycles. The number of aromatic nitrogens is 1. The molecule has 18 heavy (non-hydrogen) atoms. The van der Waals surface area contributed by atoms with Crippen molar-refractivity contribution >= 4 is 11.3 Å². The van der Waals surface area contributed by atoms with Gasteiger partial charge in [0, 0.05) is 17.6 Å². The second-order valence-corrected chi connectivity index (χ2v) is 6.39. The maximum Gasteiger partial charge on any atom is 0.110 e. The van der Waals surface area contributed by atoms with E-state index >= 15 is 0 Å². The SMILES string of the molecule is CNCC1CCCCN(C(C)C)C1c1nccs1. The first-order valence-electron chi connectivity index (χ1n) is 7.03. The molecule has 2 unspecified atom stereocenters. The van der Waals surface area contributed by atoms with E-state index in [0.29, 0.717) is 18.0 Å². The average molecular weight is 267 g/mol. The molecule has 1 N–H and O–H groups in total. The van der Waals surface area contributed by atoms with E-state index in [0.717, 1.165) is 6.54 Å². The molecule has 4 heteroatoms. The molecule has 3 nitrogen and oxygen atoms in total. The van der Waals surface area contributed by atoms with Crippen molar-refractivity contribution in [1.82, 2.24) is 15.2 Å². The minimum Gasteiger partial charge on any atom is -0.319 e. The summed E-state index contributed by atoms with van der Waals surface area (Å²) < 4.78 is 0. The van der Waals surface area contributed by atoms with Gasteiger partial charge in [-0.1, -0.05) is 6.42 Å². The smallest absolute Gasteiger partial charge is 0.110 e. The third-order valence-corrected chi connectivity index (χ3v) is 4.73. The van der Waals surface area contributed by atoms with Crippen LogP contribution in [0.5, 0.6) is 0 Å². The molecular formula is C14H25N3S. The summed E-state index contributed by atoms with van der Waals surface area (Å²) in [4.78, 5) is 7.24. The van der Waals surface area contributed by atoms with Crippen LogP contribution in [0, 0.1) is 5.92 Å². The minimum absolute atomic E-state index is 0.500. The van der Waals surface area contributed by atoms with Crippen LogP contribution >= 0.6 is 11.3 Å². The number of hydrogen-bond acceptors (Lipinski definition) is 4. The van der Waals surface area contributed by atoms with Gasteiger partial charge in [0.25, 0.3) is 0 Å². The molecule has 1 aliphatic heterocycles. The number of hydrogen-bond donors (Lipinski definition) is 1. The fourth-order valence-electron chi connectivity index (χ4n) is 3.05. The van der Waals surface area contributed by atoms with Crippen molar-refractivity contribution in [1.29, 1.82) is 0 Å². The van der Waals surface area contributed by atoms with Crippen molar-refractivity contribution in [3.8, 4) is 0 Å². The zero-order chi connectivity index (χ0) is 13.0. The summed E-state index contributed by atoms with van der Waals surface area (Å²) in [7, 11) is 2.06. The van der Waals surface area contributed by atoms with Gasteiger partial charge in [0.05, 0.1) is 6.04 Å². The summed E-state index contributed by atoms with van der Waals surface area (Å²) in [5, 5.41) is 6.77. The van der Waals surface area contributed by atoms with Crippen molar-refractivity contribution in [3.05, 3.63) is 16.6 Å². The lowest BCUT2D eigenvalue weighted by Crippen LogP contribution is -2.40. The Kier molecular flexibility index (Phi) is 5.15. The highest BCUT2D eigenvalue weighted by Crippen LogP contribution is 2.36. The molecule has 2 atom stereocenters. The monoisotopic (exact) mass is 267 g/mol. The van der Waals surface area contributed by atoms with Crippen LogP contribution in [0.15, 0.2) is 11.6 Å². The molecule has 1 aromatic rings. The highest BCUT2D eigenvalue weighted by atomic mass is 32.1. The zero-order valence-electron chi connectivity index (χ0n) is 11.7. The van der Waals surface area contributed by atoms with Gasteiger partial charge in [-0.3, -0.25) is 4.90 Å². The number of likely N-dealkylation sites (tertiary alicyclic amines) is 1. The first-order chi connectivity index (χ1) is 8.74. The van der Waals surface area contributed by atoms with Crippen molar-refractivity contribution < 1.29 is 0 Å². The highest BCUT2D eigenvalue weighted by molar-refractivity contribution is 7.09. The summed E-state index contributed by atoms with van der Waals surface area (Å²) in [6.45, 7) is 6.92. The second kappa shape index (κ2) is 6.64. The lowest BCUT2D eigenvalue weighted by atomic mass is 9.94. The number of nitrogens with one attached hydrogen (secondary N) is 1. The van der Waals surface area contributed by atoms with E-state index < -0.39 is 0 Å². The van der Waals surface area contributed by atoms with Crippen molar-refractivity contribution in [2.45, 2.75) is 45.2 Å². The maximum atomic E-state index is 4.60. The Balaban J connectivity index is 2.27. The summed E-state index contributed by atoms with van der Waals surface area (Å²) in [5.74, 6) is 0.686. The predicted molar refractivity (Wildman–Crippen MR) is 78.0 cm³/mol. The first-order valence-corrected chi connectivity index (χ1v) is 7.91. The first kappa shape index (κ1) is 14.0. The molecule has 0 amide bonds. The predicted octanol–water partition coefficient (Wildman–Crippen LogP) is 2.91. The van der Waals surface area contributed by atoms with Crippen LogP contribution in [-0.2, 0) is 0 Å². The Morgan fingerprint density at radius 2 is 2.33 bits per heavy atom. The molecule has 0 aromatic carbocycles. The maximum absolute atomic E-state index is 4.60. The molecule has 2 heterocycles. The lowest BCUT2D eigenvalue weighted by Gasteiger charge is -2.36. The van der Waals surface area contributed by atoms with Crippen molar-refractivity contribution in [2.75, 3.05) is 20.1 Å². The Hall–Kier alpha value is -0.450. The van der Waals surface area contributed by atoms with Gasteiger partial charge < -0.3 is 5.32 Å². The Labute approximate surface area is 115 Å². The van der Waals surface area contributed by atoms with Gasteiger partial charge >= 0.3 is 0 Å². The molecule has 1 aliphatic rings. The molecule has 0 radical (unpaired) electrons. The third kappa shape index (κ3) is 3.11. The van der Waals surface area contributed by atoms with Crippen LogP contribution < -0.4 is 5.32 Å². The van der Waals surface area contributed by atoms with Gasteiger partial charge in [0.2, 0.25) is 0 Å². The van der Waals surface area contributed by atoms with Crippen molar-refractivity contribution in [3.63, 3.8) is 0 Å². The molecule has 1 fully saturated rings. The van der Waals surface area contributed by atoms with E-state index in [2.05, 4.69) is 41.5 Å². The Morgan fingerprint density at radius 3 is 2.94 bits per heavy atom. The average Bonchev–Trinajstić information content (AvgIpc) is 2.77. The van der Waals surface area contributed by atoms with E-state index in [9.17, 15) is 0 Å². The fraction of sp³-hybridized carbons (Fsp3) is 0.786. The lowest BCUT2D eigenvalue weighted by molar-refractivity contribution is 0.118. The molecular weight excluding hydrogens is 242 g/mol. The zero-order valence-corrected chi connectivity index (χ0v) is 12.5. The topological polar surface area (TPSA) is 28.2 Å². The Morgan fingerprint density at radius 1 is 1.50 bits per heavy atom. The highest BCUT2D eigenvalue weighted by Gasteiger charge is 2.33. The van der Waals surface area contributed by atoms with E-state index in [-0.39, 0.29) is 0 Å². The van der Waals surface area contributed by atoms with E-state index in [1.54, 1.807) is 0 Å². The standard InChI is InChI=1S/C14H25N3S/c1-11(2)17-8-5-4-6-12(10-15-3)13(17)14-16-7-9-18-14/h7,9,11-13,15H,4-6,8,10H2,1-3H3. The molecule has 0 aliphatic carbocycles. The second-order valence-electron chi connectivity index (χ2n) is 5.46. The Bertz CT molecular complexity index is 337. The van der Waals surface area contributed by atoms with E-state index in [4.69, 9.17) is 0 Å². The molecule has 2 rings (SSSR count). The number of rotatable bonds is 4. The normalized spacial score (nSPS) is 26.4. The fourth-order valence-corrected chi connectivity index (χ4v) is 3.90. The third-order valence-electron chi connectivity index (χ3n) is 3.88. The van der Waals surface area contributed by atoms with Crippen molar-refractivity contribution in [2.24, 2.45) is 5.92 Å². The molecule has 102 valence electrons. The van der Waals surface area contributed by atoms with Gasteiger partial charge in [-0.05, 0) is 52.7 Å². The van der Waals surface area contributed by atoms with Crippen LogP contribution in [0.2, 0.25) is 0 Å². The minimum atomic E-state index is 0.500. The van der Waals surface area contributed by atoms with Crippen LogP contribution in [0.1, 0.15) is 44.2 Å². The van der Waals surface area contributed by atoms with Crippen LogP contribution in [0.25, 0.3) is 0 Å². The molecule has 1 saturated heterocycles. The largest absolute Gasteiger partial charge is 0.319 e. The quantitative estimate of drug-likeness (QED) is 0.909. The summed E-state index contributed by atoms with van der Waals surface area (Å²) >= 11 is 1.81. The molecule has 0 spiro atoms. The van der Waals surface area contributed by atoms with Gasteiger partial charge in [0.1, 0.15) is 5.01 Å². The summed E-state index contributed by atoms with van der Waals surface area (Å²) in [6, 6.07) is 1.09. The van der Waals surface area contributed by atoms with E-state index in [1.807, 2.05) is 17.5 Å². The molecule has 1 aromatic heterocycles. The van der Waals surface area contributed by atoms with Crippen LogP contribution in [-0.4, -0.2) is 36.1 Å². The van der Waals surface area contributed by atoms with Gasteiger partial charge in [-0.2, -0.15) is 0 Å². The number of thiazole rings is 1. The van der Waals surface area contributed by atoms with Crippen LogP contribution in [0.3, 0.4) is 0 Å². The summed E-state index contributed by atoms with van der Waals surface area (Å²) in [6.07, 6.45) is 5.92. The van der Waals surface area contributed by atoms with Gasteiger partial charge in [-0.25, -0.2) is 4.98 Å². The number of nitrogens with zero attached hydrogens (tertiary/aromatic N) is 2. The molecule has 0 bridgehead atoms. The van der Waals surface area contributed by atoms with Crippen LogP contribution in [0.4, 0.5) is 0 Å². The van der Waals surface area contributed by atoms with Gasteiger partial charge in [-0.15, -0.1) is 11.3 Å². The van der Waals surface area contributed by atoms with Gasteiger partial charge in [0.15, 0.2) is 0 Å². The summed E-state index contributed by atoms with van der Waals surface area (Å²) in [5.41, 5.74) is 0.